The maximum Gasteiger partial charge on any atom is 0.315 e. The Labute approximate surface area is 133 Å². The van der Waals surface area contributed by atoms with Gasteiger partial charge in [-0.2, -0.15) is 5.10 Å². The summed E-state index contributed by atoms with van der Waals surface area (Å²) < 4.78 is 1.86. The monoisotopic (exact) mass is 320 g/mol. The molecule has 3 rings (SSSR count). The molecule has 0 saturated carbocycles. The molecule has 2 aromatic rings. The second-order valence-electron chi connectivity index (χ2n) is 5.49. The van der Waals surface area contributed by atoms with E-state index in [1.165, 1.54) is 4.88 Å². The highest BCUT2D eigenvalue weighted by molar-refractivity contribution is 7.11. The number of thiazole rings is 1. The maximum absolute atomic E-state index is 12.0. The van der Waals surface area contributed by atoms with Gasteiger partial charge in [0.05, 0.1) is 23.3 Å². The van der Waals surface area contributed by atoms with Gasteiger partial charge in [-0.15, -0.1) is 11.3 Å². The third-order valence-electron chi connectivity index (χ3n) is 3.78. The highest BCUT2D eigenvalue weighted by atomic mass is 32.1. The Bertz CT molecular complexity index is 664. The summed E-state index contributed by atoms with van der Waals surface area (Å²) in [6.07, 6.45) is 4.14. The predicted molar refractivity (Wildman–Crippen MR) is 84.0 cm³/mol. The molecule has 2 N–H and O–H groups in total. The van der Waals surface area contributed by atoms with Crippen LogP contribution in [0.3, 0.4) is 0 Å². The van der Waals surface area contributed by atoms with Gasteiger partial charge in [0.25, 0.3) is 0 Å². The van der Waals surface area contributed by atoms with Crippen LogP contribution in [0.15, 0.2) is 6.33 Å². The molecule has 1 aliphatic rings. The molecule has 2 amide bonds. The summed E-state index contributed by atoms with van der Waals surface area (Å²) >= 11 is 1.69. The molecule has 8 heteroatoms. The van der Waals surface area contributed by atoms with E-state index in [0.717, 1.165) is 35.8 Å². The first-order valence-corrected chi connectivity index (χ1v) is 8.27. The topological polar surface area (TPSA) is 84.7 Å². The average Bonchev–Trinajstić information content (AvgIpc) is 3.05. The highest BCUT2D eigenvalue weighted by Gasteiger charge is 2.21. The summed E-state index contributed by atoms with van der Waals surface area (Å²) in [7, 11) is 0. The first kappa shape index (κ1) is 15.0. The molecule has 7 nitrogen and oxygen atoms in total. The van der Waals surface area contributed by atoms with E-state index < -0.39 is 0 Å². The van der Waals surface area contributed by atoms with Crippen LogP contribution in [0.25, 0.3) is 0 Å². The van der Waals surface area contributed by atoms with Crippen molar-refractivity contribution in [3.8, 4) is 0 Å². The minimum absolute atomic E-state index is 0.113. The summed E-state index contributed by atoms with van der Waals surface area (Å²) in [5.74, 6) is 0.995. The van der Waals surface area contributed by atoms with Crippen molar-refractivity contribution in [2.75, 3.05) is 6.54 Å². The number of hydrogen-bond donors (Lipinski definition) is 2. The summed E-state index contributed by atoms with van der Waals surface area (Å²) in [5, 5.41) is 11.1. The maximum atomic E-state index is 12.0. The van der Waals surface area contributed by atoms with Gasteiger partial charge in [0.1, 0.15) is 12.2 Å². The van der Waals surface area contributed by atoms with Gasteiger partial charge in [0, 0.05) is 24.3 Å². The number of rotatable bonds is 4. The van der Waals surface area contributed by atoms with Gasteiger partial charge in [0.2, 0.25) is 0 Å². The predicted octanol–water partition coefficient (Wildman–Crippen LogP) is 1.21. The number of aromatic nitrogens is 4. The van der Waals surface area contributed by atoms with Crippen molar-refractivity contribution in [2.24, 2.45) is 0 Å². The van der Waals surface area contributed by atoms with Crippen molar-refractivity contribution in [1.82, 2.24) is 30.4 Å². The van der Waals surface area contributed by atoms with Gasteiger partial charge in [-0.05, 0) is 20.3 Å². The number of urea groups is 1. The number of aryl methyl sites for hydroxylation is 3. The lowest BCUT2D eigenvalue weighted by molar-refractivity contribution is 0.232. The highest BCUT2D eigenvalue weighted by Crippen LogP contribution is 2.17. The number of carbonyl (C=O) groups excluding carboxylic acids is 1. The van der Waals surface area contributed by atoms with Crippen molar-refractivity contribution in [1.29, 1.82) is 0 Å². The normalized spacial score (nSPS) is 17.1. The Balaban J connectivity index is 1.42. The molecule has 118 valence electrons. The van der Waals surface area contributed by atoms with Crippen LogP contribution < -0.4 is 10.6 Å². The molecule has 3 heterocycles. The van der Waals surface area contributed by atoms with E-state index in [-0.39, 0.29) is 12.1 Å². The van der Waals surface area contributed by atoms with Crippen molar-refractivity contribution in [3.63, 3.8) is 0 Å². The first-order valence-electron chi connectivity index (χ1n) is 7.46. The van der Waals surface area contributed by atoms with Crippen LogP contribution >= 0.6 is 11.3 Å². The molecule has 0 saturated heterocycles. The third-order valence-corrected chi connectivity index (χ3v) is 4.91. The standard InChI is InChI=1S/C14H20N6OS/c1-9-12(22-10(2)18-9)5-6-15-14(21)19-11-3-4-13-16-8-17-20(13)7-11/h8,11H,3-7H2,1-2H3,(H2,15,19,21)/t11-/m0/s1. The SMILES string of the molecule is Cc1nc(C)c(CCNC(=O)N[C@H]2CCc3ncnn3C2)s1. The zero-order chi connectivity index (χ0) is 15.5. The van der Waals surface area contributed by atoms with Gasteiger partial charge >= 0.3 is 6.03 Å². The average molecular weight is 320 g/mol. The number of carbonyl (C=O) groups is 1. The molecule has 0 bridgehead atoms. The van der Waals surface area contributed by atoms with E-state index in [9.17, 15) is 4.79 Å². The van der Waals surface area contributed by atoms with E-state index in [4.69, 9.17) is 0 Å². The summed E-state index contributed by atoms with van der Waals surface area (Å²) in [5.41, 5.74) is 1.07. The van der Waals surface area contributed by atoms with E-state index >= 15 is 0 Å². The molecular weight excluding hydrogens is 300 g/mol. The van der Waals surface area contributed by atoms with E-state index in [1.807, 2.05) is 18.5 Å². The van der Waals surface area contributed by atoms with Crippen molar-refractivity contribution in [2.45, 2.75) is 45.7 Å². The molecule has 0 unspecified atom stereocenters. The van der Waals surface area contributed by atoms with Crippen LogP contribution in [0.1, 0.15) is 27.8 Å². The van der Waals surface area contributed by atoms with Crippen LogP contribution in [-0.2, 0) is 19.4 Å². The van der Waals surface area contributed by atoms with Gasteiger partial charge in [-0.1, -0.05) is 0 Å². The molecule has 0 spiro atoms. The molecule has 0 fully saturated rings. The first-order chi connectivity index (χ1) is 10.6. The van der Waals surface area contributed by atoms with Crippen LogP contribution in [-0.4, -0.2) is 38.4 Å². The summed E-state index contributed by atoms with van der Waals surface area (Å²) in [4.78, 5) is 21.8. The van der Waals surface area contributed by atoms with Crippen LogP contribution in [0.4, 0.5) is 4.79 Å². The number of fused-ring (bicyclic) bond motifs is 1. The number of hydrogen-bond acceptors (Lipinski definition) is 5. The Morgan fingerprint density at radius 2 is 2.36 bits per heavy atom. The fraction of sp³-hybridized carbons (Fsp3) is 0.571. The quantitative estimate of drug-likeness (QED) is 0.887. The van der Waals surface area contributed by atoms with Crippen molar-refractivity contribution < 1.29 is 4.79 Å². The zero-order valence-corrected chi connectivity index (χ0v) is 13.6. The lowest BCUT2D eigenvalue weighted by Crippen LogP contribution is -2.46. The second kappa shape index (κ2) is 6.43. The van der Waals surface area contributed by atoms with E-state index in [2.05, 4.69) is 25.7 Å². The Morgan fingerprint density at radius 1 is 1.50 bits per heavy atom. The fourth-order valence-electron chi connectivity index (χ4n) is 2.69. The second-order valence-corrected chi connectivity index (χ2v) is 6.77. The van der Waals surface area contributed by atoms with Crippen molar-refractivity contribution >= 4 is 17.4 Å². The molecular formula is C14H20N6OS. The van der Waals surface area contributed by atoms with Crippen molar-refractivity contribution in [3.05, 3.63) is 27.7 Å². The zero-order valence-electron chi connectivity index (χ0n) is 12.8. The molecule has 1 aliphatic heterocycles. The number of amides is 2. The van der Waals surface area contributed by atoms with Gasteiger partial charge in [-0.25, -0.2) is 19.4 Å². The lowest BCUT2D eigenvalue weighted by Gasteiger charge is -2.23. The minimum Gasteiger partial charge on any atom is -0.338 e. The summed E-state index contributed by atoms with van der Waals surface area (Å²) in [6, 6.07) is -0.00552. The largest absolute Gasteiger partial charge is 0.338 e. The number of nitrogens with one attached hydrogen (secondary N) is 2. The molecule has 0 aromatic carbocycles. The molecule has 22 heavy (non-hydrogen) atoms. The van der Waals surface area contributed by atoms with Crippen LogP contribution in [0.5, 0.6) is 0 Å². The summed E-state index contributed by atoms with van der Waals surface area (Å²) in [6.45, 7) is 5.32. The smallest absolute Gasteiger partial charge is 0.315 e. The van der Waals surface area contributed by atoms with E-state index in [1.54, 1.807) is 17.7 Å². The Hall–Kier alpha value is -1.96. The van der Waals surface area contributed by atoms with E-state index in [0.29, 0.717) is 13.1 Å². The third kappa shape index (κ3) is 3.44. The van der Waals surface area contributed by atoms with Gasteiger partial charge in [0.15, 0.2) is 0 Å². The fourth-order valence-corrected chi connectivity index (χ4v) is 3.62. The van der Waals surface area contributed by atoms with Crippen LogP contribution in [0.2, 0.25) is 0 Å². The van der Waals surface area contributed by atoms with Gasteiger partial charge < -0.3 is 10.6 Å². The lowest BCUT2D eigenvalue weighted by atomic mass is 10.1. The molecule has 2 aromatic heterocycles. The minimum atomic E-state index is -0.118. The Kier molecular flexibility index (Phi) is 4.37. The molecule has 0 aliphatic carbocycles. The molecule has 1 atom stereocenters. The number of nitrogens with zero attached hydrogens (tertiary/aromatic N) is 4. The Morgan fingerprint density at radius 3 is 3.14 bits per heavy atom. The van der Waals surface area contributed by atoms with Crippen LogP contribution in [0, 0.1) is 13.8 Å². The molecule has 0 radical (unpaired) electrons. The van der Waals surface area contributed by atoms with Gasteiger partial charge in [-0.3, -0.25) is 0 Å².